The average molecular weight is 136 g/mol. The highest BCUT2D eigenvalue weighted by atomic mass is 14.5. The van der Waals surface area contributed by atoms with E-state index in [4.69, 9.17) is 11.0 Å². The summed E-state index contributed by atoms with van der Waals surface area (Å²) in [5.41, 5.74) is 6.60. The van der Waals surface area contributed by atoms with Gasteiger partial charge in [0.15, 0.2) is 0 Å². The molecule has 1 atom stereocenters. The van der Waals surface area contributed by atoms with E-state index in [1.165, 1.54) is 5.57 Å². The van der Waals surface area contributed by atoms with E-state index in [2.05, 4.69) is 6.07 Å². The lowest BCUT2D eigenvalue weighted by Gasteiger charge is -2.17. The van der Waals surface area contributed by atoms with Gasteiger partial charge in [-0.05, 0) is 31.9 Å². The molecule has 0 aromatic rings. The first-order chi connectivity index (χ1) is 4.86. The van der Waals surface area contributed by atoms with Crippen molar-refractivity contribution in [2.45, 2.75) is 25.7 Å². The Balaban J connectivity index is 2.49. The predicted molar refractivity (Wildman–Crippen MR) is 39.8 cm³/mol. The lowest BCUT2D eigenvalue weighted by molar-refractivity contribution is 0.503. The molecule has 1 saturated carbocycles. The van der Waals surface area contributed by atoms with E-state index in [1.807, 2.05) is 0 Å². The van der Waals surface area contributed by atoms with Crippen LogP contribution in [0.3, 0.4) is 0 Å². The van der Waals surface area contributed by atoms with Crippen molar-refractivity contribution in [3.63, 3.8) is 0 Å². The monoisotopic (exact) mass is 136 g/mol. The minimum absolute atomic E-state index is 0.226. The van der Waals surface area contributed by atoms with Crippen molar-refractivity contribution < 1.29 is 0 Å². The summed E-state index contributed by atoms with van der Waals surface area (Å²) in [7, 11) is 0. The van der Waals surface area contributed by atoms with Gasteiger partial charge in [0, 0.05) is 0 Å². The van der Waals surface area contributed by atoms with Crippen molar-refractivity contribution in [3.05, 3.63) is 11.8 Å². The number of nitriles is 1. The summed E-state index contributed by atoms with van der Waals surface area (Å²) in [6.07, 6.45) is 5.82. The Hall–Kier alpha value is -0.970. The molecule has 1 aliphatic carbocycles. The van der Waals surface area contributed by atoms with E-state index >= 15 is 0 Å². The van der Waals surface area contributed by atoms with E-state index in [9.17, 15) is 0 Å². The third-order valence-electron chi connectivity index (χ3n) is 1.98. The van der Waals surface area contributed by atoms with Crippen molar-refractivity contribution >= 4 is 0 Å². The Kier molecular flexibility index (Phi) is 2.33. The minimum Gasteiger partial charge on any atom is -0.405 e. The molecule has 1 aliphatic rings. The van der Waals surface area contributed by atoms with Crippen LogP contribution in [0.1, 0.15) is 25.7 Å². The molecule has 1 fully saturated rings. The molecule has 2 nitrogen and oxygen atoms in total. The van der Waals surface area contributed by atoms with Crippen LogP contribution in [0, 0.1) is 17.2 Å². The van der Waals surface area contributed by atoms with Gasteiger partial charge in [-0.15, -0.1) is 0 Å². The third-order valence-corrected chi connectivity index (χ3v) is 1.98. The van der Waals surface area contributed by atoms with Crippen LogP contribution in [-0.4, -0.2) is 0 Å². The molecule has 0 bridgehead atoms. The molecule has 2 N–H and O–H groups in total. The molecule has 0 amide bonds. The zero-order valence-electron chi connectivity index (χ0n) is 6.01. The van der Waals surface area contributed by atoms with Crippen molar-refractivity contribution in [3.8, 4) is 6.07 Å². The fourth-order valence-corrected chi connectivity index (χ4v) is 1.36. The molecule has 0 spiro atoms. The van der Waals surface area contributed by atoms with E-state index in [0.29, 0.717) is 0 Å². The van der Waals surface area contributed by atoms with Crippen molar-refractivity contribution in [1.29, 1.82) is 5.26 Å². The van der Waals surface area contributed by atoms with Crippen LogP contribution in [0.25, 0.3) is 0 Å². The van der Waals surface area contributed by atoms with Gasteiger partial charge in [-0.2, -0.15) is 5.26 Å². The third kappa shape index (κ3) is 1.51. The van der Waals surface area contributed by atoms with Gasteiger partial charge in [0.25, 0.3) is 0 Å². The molecule has 0 aromatic carbocycles. The fraction of sp³-hybridized carbons (Fsp3) is 0.625. The SMILES string of the molecule is N#CC1CCCC(=CN)C1. The highest BCUT2D eigenvalue weighted by molar-refractivity contribution is 5.07. The van der Waals surface area contributed by atoms with Gasteiger partial charge in [-0.1, -0.05) is 5.57 Å². The van der Waals surface area contributed by atoms with Crippen molar-refractivity contribution in [2.24, 2.45) is 11.7 Å². The number of nitrogens with zero attached hydrogens (tertiary/aromatic N) is 1. The summed E-state index contributed by atoms with van der Waals surface area (Å²) in [4.78, 5) is 0. The Morgan fingerprint density at radius 3 is 3.10 bits per heavy atom. The largest absolute Gasteiger partial charge is 0.405 e. The standard InChI is InChI=1S/C8H12N2/c9-5-7-2-1-3-8(4-7)6-10/h5,8H,1-4,9H2. The van der Waals surface area contributed by atoms with E-state index < -0.39 is 0 Å². The van der Waals surface area contributed by atoms with Crippen molar-refractivity contribution in [1.82, 2.24) is 0 Å². The highest BCUT2D eigenvalue weighted by Gasteiger charge is 2.15. The summed E-state index contributed by atoms with van der Waals surface area (Å²) in [6.45, 7) is 0. The Morgan fingerprint density at radius 2 is 2.50 bits per heavy atom. The van der Waals surface area contributed by atoms with E-state index in [1.54, 1.807) is 6.20 Å². The number of rotatable bonds is 0. The topological polar surface area (TPSA) is 49.8 Å². The van der Waals surface area contributed by atoms with Gasteiger partial charge in [-0.25, -0.2) is 0 Å². The molecule has 1 rings (SSSR count). The number of hydrogen-bond donors (Lipinski definition) is 1. The van der Waals surface area contributed by atoms with Gasteiger partial charge < -0.3 is 5.73 Å². The van der Waals surface area contributed by atoms with E-state index in [0.717, 1.165) is 25.7 Å². The quantitative estimate of drug-likeness (QED) is 0.549. The maximum absolute atomic E-state index is 8.59. The van der Waals surface area contributed by atoms with Gasteiger partial charge >= 0.3 is 0 Å². The highest BCUT2D eigenvalue weighted by Crippen LogP contribution is 2.26. The number of hydrogen-bond acceptors (Lipinski definition) is 2. The normalized spacial score (nSPS) is 29.9. The van der Waals surface area contributed by atoms with Crippen LogP contribution in [0.4, 0.5) is 0 Å². The zero-order chi connectivity index (χ0) is 7.40. The molecule has 0 aliphatic heterocycles. The smallest absolute Gasteiger partial charge is 0.0659 e. The van der Waals surface area contributed by atoms with Gasteiger partial charge in [0.2, 0.25) is 0 Å². The minimum atomic E-state index is 0.226. The fourth-order valence-electron chi connectivity index (χ4n) is 1.36. The summed E-state index contributed by atoms with van der Waals surface area (Å²) in [5, 5.41) is 8.59. The second-order valence-corrected chi connectivity index (χ2v) is 2.75. The maximum Gasteiger partial charge on any atom is 0.0659 e. The van der Waals surface area contributed by atoms with Crippen LogP contribution in [0.15, 0.2) is 11.8 Å². The molecule has 1 unspecified atom stereocenters. The molecule has 10 heavy (non-hydrogen) atoms. The van der Waals surface area contributed by atoms with Crippen LogP contribution in [0.5, 0.6) is 0 Å². The Morgan fingerprint density at radius 1 is 1.70 bits per heavy atom. The van der Waals surface area contributed by atoms with Crippen LogP contribution in [-0.2, 0) is 0 Å². The van der Waals surface area contributed by atoms with Crippen LogP contribution in [0.2, 0.25) is 0 Å². The van der Waals surface area contributed by atoms with Crippen LogP contribution < -0.4 is 5.73 Å². The molecule has 54 valence electrons. The zero-order valence-corrected chi connectivity index (χ0v) is 6.01. The summed E-state index contributed by atoms with van der Waals surface area (Å²) in [5.74, 6) is 0.226. The maximum atomic E-state index is 8.59. The molecule has 0 saturated heterocycles. The second kappa shape index (κ2) is 3.26. The second-order valence-electron chi connectivity index (χ2n) is 2.75. The number of nitrogens with two attached hydrogens (primary N) is 1. The first-order valence-corrected chi connectivity index (χ1v) is 3.66. The molecule has 0 heterocycles. The predicted octanol–water partition coefficient (Wildman–Crippen LogP) is 1.54. The van der Waals surface area contributed by atoms with Crippen LogP contribution >= 0.6 is 0 Å². The Labute approximate surface area is 61.3 Å². The van der Waals surface area contributed by atoms with Gasteiger partial charge in [-0.3, -0.25) is 0 Å². The Bertz CT molecular complexity index is 176. The summed E-state index contributed by atoms with van der Waals surface area (Å²) >= 11 is 0. The van der Waals surface area contributed by atoms with Gasteiger partial charge in [0.05, 0.1) is 12.0 Å². The molecule has 2 heteroatoms. The summed E-state index contributed by atoms with van der Waals surface area (Å²) < 4.78 is 0. The van der Waals surface area contributed by atoms with Gasteiger partial charge in [0.1, 0.15) is 0 Å². The molecular formula is C8H12N2. The molecule has 0 radical (unpaired) electrons. The number of allylic oxidation sites excluding steroid dienone is 1. The first kappa shape index (κ1) is 7.14. The van der Waals surface area contributed by atoms with E-state index in [-0.39, 0.29) is 5.92 Å². The lowest BCUT2D eigenvalue weighted by atomic mass is 9.87. The summed E-state index contributed by atoms with van der Waals surface area (Å²) in [6, 6.07) is 2.27. The lowest BCUT2D eigenvalue weighted by Crippen LogP contribution is -2.07. The first-order valence-electron chi connectivity index (χ1n) is 3.66. The molecular weight excluding hydrogens is 124 g/mol. The average Bonchev–Trinajstić information content (AvgIpc) is 2.05. The van der Waals surface area contributed by atoms with Crippen molar-refractivity contribution in [2.75, 3.05) is 0 Å². The molecule has 0 aromatic heterocycles.